The molecule has 16 nitrogen and oxygen atoms in total. The van der Waals surface area contributed by atoms with Crippen molar-refractivity contribution in [3.8, 4) is 11.1 Å². The van der Waals surface area contributed by atoms with Crippen molar-refractivity contribution in [2.24, 2.45) is 5.73 Å². The lowest BCUT2D eigenvalue weighted by Gasteiger charge is -2.17. The van der Waals surface area contributed by atoms with Gasteiger partial charge in [-0.3, -0.25) is 19.2 Å². The highest BCUT2D eigenvalue weighted by molar-refractivity contribution is 6.05. The van der Waals surface area contributed by atoms with Crippen molar-refractivity contribution in [1.82, 2.24) is 20.4 Å². The number of aromatic nitrogens is 2. The van der Waals surface area contributed by atoms with Gasteiger partial charge in [0, 0.05) is 25.1 Å². The largest absolute Gasteiger partial charge is 0.481 e. The molecule has 1 aromatic heterocycles. The van der Waals surface area contributed by atoms with Gasteiger partial charge < -0.3 is 42.9 Å². The number of benzene rings is 3. The Bertz CT molecular complexity index is 2000. The topological polar surface area (TPSA) is 261 Å². The SMILES string of the molecule is Cc1ccc(F)c(NC(=O)Nc2ccc(-c3cccc4c3c(N)nn4C(=O)CCCCCNC(=O)C[C@H](N)C(=O)N[C@@H](CCC(=O)O)C(=O)O)cc2)c1. The van der Waals surface area contributed by atoms with Crippen LogP contribution in [0.25, 0.3) is 22.0 Å². The summed E-state index contributed by atoms with van der Waals surface area (Å²) in [5.41, 5.74) is 15.4. The van der Waals surface area contributed by atoms with Gasteiger partial charge in [0.15, 0.2) is 5.82 Å². The van der Waals surface area contributed by atoms with Crippen LogP contribution >= 0.6 is 0 Å². The van der Waals surface area contributed by atoms with Gasteiger partial charge in [0.05, 0.1) is 29.1 Å². The fourth-order valence-electron chi connectivity index (χ4n) is 5.46. The molecule has 280 valence electrons. The van der Waals surface area contributed by atoms with E-state index in [0.29, 0.717) is 35.9 Å². The zero-order chi connectivity index (χ0) is 38.7. The molecule has 0 aliphatic rings. The number of hydrogen-bond donors (Lipinski definition) is 8. The highest BCUT2D eigenvalue weighted by atomic mass is 19.1. The average Bonchev–Trinajstić information content (AvgIpc) is 3.46. The van der Waals surface area contributed by atoms with Crippen LogP contribution in [0.4, 0.5) is 26.4 Å². The number of aliphatic carboxylic acids is 2. The Balaban J connectivity index is 1.24. The molecule has 0 spiro atoms. The summed E-state index contributed by atoms with van der Waals surface area (Å²) < 4.78 is 15.3. The fourth-order valence-corrected chi connectivity index (χ4v) is 5.46. The molecule has 4 rings (SSSR count). The van der Waals surface area contributed by atoms with Gasteiger partial charge >= 0.3 is 18.0 Å². The average molecular weight is 733 g/mol. The Morgan fingerprint density at radius 1 is 0.925 bits per heavy atom. The first-order valence-electron chi connectivity index (χ1n) is 16.8. The number of fused-ring (bicyclic) bond motifs is 1. The summed E-state index contributed by atoms with van der Waals surface area (Å²) in [6.45, 7) is 2.04. The number of amides is 4. The molecule has 3 aromatic carbocycles. The van der Waals surface area contributed by atoms with E-state index in [4.69, 9.17) is 16.6 Å². The fraction of sp³-hybridized carbons (Fsp3) is 0.306. The number of nitrogens with two attached hydrogens (primary N) is 2. The highest BCUT2D eigenvalue weighted by Gasteiger charge is 2.25. The number of nitrogen functional groups attached to an aromatic ring is 1. The third-order valence-corrected chi connectivity index (χ3v) is 8.19. The van der Waals surface area contributed by atoms with Gasteiger partial charge in [-0.2, -0.15) is 4.68 Å². The van der Waals surface area contributed by atoms with Crippen LogP contribution in [-0.4, -0.2) is 74.3 Å². The van der Waals surface area contributed by atoms with Crippen molar-refractivity contribution in [3.63, 3.8) is 0 Å². The molecule has 0 fully saturated rings. The normalized spacial score (nSPS) is 12.1. The van der Waals surface area contributed by atoms with Crippen LogP contribution < -0.4 is 32.7 Å². The summed E-state index contributed by atoms with van der Waals surface area (Å²) in [6, 6.07) is 13.3. The maximum Gasteiger partial charge on any atom is 0.326 e. The van der Waals surface area contributed by atoms with Crippen LogP contribution in [0.3, 0.4) is 0 Å². The molecular weight excluding hydrogens is 691 g/mol. The third kappa shape index (κ3) is 11.1. The monoisotopic (exact) mass is 732 g/mol. The number of carboxylic acids is 2. The molecule has 4 amide bonds. The van der Waals surface area contributed by atoms with Crippen LogP contribution in [0.5, 0.6) is 0 Å². The first kappa shape index (κ1) is 39.4. The number of nitrogens with one attached hydrogen (secondary N) is 4. The van der Waals surface area contributed by atoms with Crippen molar-refractivity contribution in [2.75, 3.05) is 22.9 Å². The molecule has 53 heavy (non-hydrogen) atoms. The summed E-state index contributed by atoms with van der Waals surface area (Å²) in [5, 5.41) is 32.8. The van der Waals surface area contributed by atoms with Gasteiger partial charge in [0.1, 0.15) is 11.9 Å². The predicted molar refractivity (Wildman–Crippen MR) is 194 cm³/mol. The summed E-state index contributed by atoms with van der Waals surface area (Å²) in [4.78, 5) is 72.1. The lowest BCUT2D eigenvalue weighted by Crippen LogP contribution is -2.50. The molecule has 0 aliphatic heterocycles. The standard InChI is InChI=1S/C36H41FN8O8/c1-20-9-14-24(37)27(18-20)43-36(53)41-22-12-10-21(11-13-22)23-6-5-7-28-32(23)33(39)44-45(28)30(47)8-3-2-4-17-40-29(46)19-25(38)34(50)42-26(35(51)52)15-16-31(48)49/h5-7,9-14,18,25-26H,2-4,8,15-17,19,38H2,1H3,(H2,39,44)(H,40,46)(H,42,50)(H,48,49)(H,51,52)(H2,41,43,53)/t25-,26-/m0/s1. The maximum atomic E-state index is 14.0. The summed E-state index contributed by atoms with van der Waals surface area (Å²) >= 11 is 0. The van der Waals surface area contributed by atoms with Crippen LogP contribution in [0.2, 0.25) is 0 Å². The number of nitrogens with zero attached hydrogens (tertiary/aromatic N) is 2. The molecule has 10 N–H and O–H groups in total. The minimum absolute atomic E-state index is 0.0628. The second kappa shape index (κ2) is 18.2. The van der Waals surface area contributed by atoms with Gasteiger partial charge in [0.2, 0.25) is 17.7 Å². The molecule has 0 bridgehead atoms. The Kier molecular flexibility index (Phi) is 13.6. The van der Waals surface area contributed by atoms with E-state index in [1.54, 1.807) is 49.4 Å². The Morgan fingerprint density at radius 3 is 2.36 bits per heavy atom. The lowest BCUT2D eigenvalue weighted by molar-refractivity contribution is -0.143. The van der Waals surface area contributed by atoms with Crippen molar-refractivity contribution >= 4 is 63.8 Å². The van der Waals surface area contributed by atoms with Gasteiger partial charge in [-0.1, -0.05) is 36.8 Å². The number of hydrogen-bond acceptors (Lipinski definition) is 9. The highest BCUT2D eigenvalue weighted by Crippen LogP contribution is 2.33. The van der Waals surface area contributed by atoms with Crippen molar-refractivity contribution in [3.05, 3.63) is 72.0 Å². The van der Waals surface area contributed by atoms with E-state index < -0.39 is 60.5 Å². The van der Waals surface area contributed by atoms with Crippen LogP contribution in [0, 0.1) is 12.7 Å². The molecule has 4 aromatic rings. The molecule has 17 heteroatoms. The van der Waals surface area contributed by atoms with Crippen molar-refractivity contribution < 1.29 is 43.4 Å². The van der Waals surface area contributed by atoms with Gasteiger partial charge in [-0.15, -0.1) is 5.10 Å². The van der Waals surface area contributed by atoms with E-state index in [1.165, 1.54) is 16.8 Å². The maximum absolute atomic E-state index is 14.0. The minimum atomic E-state index is -1.45. The van der Waals surface area contributed by atoms with E-state index in [0.717, 1.165) is 16.7 Å². The minimum Gasteiger partial charge on any atom is -0.481 e. The molecule has 0 saturated heterocycles. The number of carboxylic acid groups (broad SMARTS) is 2. The summed E-state index contributed by atoms with van der Waals surface area (Å²) in [5.74, 6) is -4.70. The quantitative estimate of drug-likeness (QED) is 0.0723. The van der Waals surface area contributed by atoms with Gasteiger partial charge in [-0.05, 0) is 73.2 Å². The number of anilines is 3. The van der Waals surface area contributed by atoms with Crippen LogP contribution in [-0.2, 0) is 19.2 Å². The molecule has 0 aliphatic carbocycles. The first-order valence-corrected chi connectivity index (χ1v) is 16.8. The zero-order valence-corrected chi connectivity index (χ0v) is 28.9. The molecule has 2 atom stereocenters. The number of carbonyl (C=O) groups excluding carboxylic acids is 4. The lowest BCUT2D eigenvalue weighted by atomic mass is 10.0. The summed E-state index contributed by atoms with van der Waals surface area (Å²) in [6.07, 6.45) is 0.552. The van der Waals surface area contributed by atoms with Crippen molar-refractivity contribution in [2.45, 2.75) is 64.0 Å². The number of carbonyl (C=O) groups is 6. The Labute approximate surface area is 303 Å². The Morgan fingerprint density at radius 2 is 1.66 bits per heavy atom. The van der Waals surface area contributed by atoms with E-state index in [-0.39, 0.29) is 36.8 Å². The van der Waals surface area contributed by atoms with E-state index in [2.05, 4.69) is 26.4 Å². The van der Waals surface area contributed by atoms with E-state index >= 15 is 0 Å². The molecule has 0 radical (unpaired) electrons. The van der Waals surface area contributed by atoms with E-state index in [1.807, 2.05) is 6.07 Å². The number of aryl methyl sites for hydroxylation is 1. The molecule has 0 saturated carbocycles. The molecular formula is C36H41FN8O8. The number of unbranched alkanes of at least 4 members (excludes halogenated alkanes) is 2. The molecule has 0 unspecified atom stereocenters. The predicted octanol–water partition coefficient (Wildman–Crippen LogP) is 3.85. The van der Waals surface area contributed by atoms with Crippen LogP contribution in [0.15, 0.2) is 60.7 Å². The number of urea groups is 1. The second-order valence-corrected chi connectivity index (χ2v) is 12.3. The van der Waals surface area contributed by atoms with Gasteiger partial charge in [0.25, 0.3) is 0 Å². The zero-order valence-electron chi connectivity index (χ0n) is 28.9. The van der Waals surface area contributed by atoms with Crippen molar-refractivity contribution in [1.29, 1.82) is 0 Å². The summed E-state index contributed by atoms with van der Waals surface area (Å²) in [7, 11) is 0. The van der Waals surface area contributed by atoms with Gasteiger partial charge in [-0.25, -0.2) is 14.0 Å². The molecule has 1 heterocycles. The van der Waals surface area contributed by atoms with E-state index in [9.17, 15) is 38.3 Å². The number of halogens is 1. The number of rotatable bonds is 17. The smallest absolute Gasteiger partial charge is 0.326 e. The second-order valence-electron chi connectivity index (χ2n) is 12.3. The Hall–Kier alpha value is -6.36. The first-order chi connectivity index (χ1) is 25.2. The third-order valence-electron chi connectivity index (χ3n) is 8.19. The van der Waals surface area contributed by atoms with Crippen LogP contribution in [0.1, 0.15) is 55.3 Å².